The zero-order valence-electron chi connectivity index (χ0n) is 26.5. The van der Waals surface area contributed by atoms with Gasteiger partial charge in [0.1, 0.15) is 5.82 Å². The van der Waals surface area contributed by atoms with Gasteiger partial charge >= 0.3 is 20.4 Å². The van der Waals surface area contributed by atoms with Gasteiger partial charge in [-0.1, -0.05) is 29.8 Å². The van der Waals surface area contributed by atoms with E-state index in [-0.39, 0.29) is 20.4 Å². The standard InChI is InChI=1S/C39H34N4O.Pd/c1-23-17-18-40-37(19-23)42-35-14-9-8-13-33(35)34-16-15-32(22-36(34)42)44-31-12-10-11-30(21-31)43-29(7)39(28(6)41-43)38-25(3)20-24(2)26(4)27(38)5;/h8-20H,1-7H3;/q-2;+2. The molecule has 6 heteroatoms. The van der Waals surface area contributed by atoms with E-state index in [1.165, 1.54) is 33.4 Å². The van der Waals surface area contributed by atoms with Crippen LogP contribution in [0.5, 0.6) is 11.5 Å². The van der Waals surface area contributed by atoms with Crippen molar-refractivity contribution in [1.82, 2.24) is 19.3 Å². The maximum atomic E-state index is 6.40. The molecule has 7 rings (SSSR count). The molecule has 0 spiro atoms. The summed E-state index contributed by atoms with van der Waals surface area (Å²) in [6.07, 6.45) is 1.85. The van der Waals surface area contributed by atoms with Crippen LogP contribution in [0.2, 0.25) is 0 Å². The first-order valence-corrected chi connectivity index (χ1v) is 14.9. The van der Waals surface area contributed by atoms with Crippen LogP contribution in [-0.4, -0.2) is 19.3 Å². The topological polar surface area (TPSA) is 44.9 Å². The molecule has 0 aliphatic carbocycles. The third-order valence-corrected chi connectivity index (χ3v) is 8.79. The van der Waals surface area contributed by atoms with E-state index >= 15 is 0 Å². The van der Waals surface area contributed by atoms with Crippen LogP contribution in [-0.2, 0) is 20.4 Å². The molecule has 7 aromatic rings. The maximum absolute atomic E-state index is 6.40. The number of aromatic nitrogens is 4. The van der Waals surface area contributed by atoms with E-state index in [2.05, 4.69) is 113 Å². The largest absolute Gasteiger partial charge is 2.00 e. The second-order valence-corrected chi connectivity index (χ2v) is 11.7. The first-order valence-electron chi connectivity index (χ1n) is 14.9. The molecule has 4 aromatic carbocycles. The number of para-hydroxylation sites is 1. The molecule has 0 saturated heterocycles. The SMILES string of the molecule is Cc1ccnc(-n2c3[c-]c(Oc4[c-]c(-n5nc(C)c(-c6c(C)cc(C)c(C)c6C)c5C)ccc4)ccc3c3ccccc32)c1.[Pd+2]. The van der Waals surface area contributed by atoms with Crippen LogP contribution in [0.15, 0.2) is 79.0 Å². The van der Waals surface area contributed by atoms with Gasteiger partial charge in [-0.05, 0) is 111 Å². The van der Waals surface area contributed by atoms with E-state index in [4.69, 9.17) is 9.84 Å². The Hall–Kier alpha value is -4.50. The fourth-order valence-electron chi connectivity index (χ4n) is 6.46. The van der Waals surface area contributed by atoms with E-state index in [9.17, 15) is 0 Å². The number of nitrogens with zero attached hydrogens (tertiary/aromatic N) is 4. The minimum Gasteiger partial charge on any atom is -0.509 e. The van der Waals surface area contributed by atoms with E-state index in [1.807, 2.05) is 41.2 Å². The van der Waals surface area contributed by atoms with Crippen molar-refractivity contribution in [2.45, 2.75) is 48.5 Å². The molecule has 0 bridgehead atoms. The van der Waals surface area contributed by atoms with E-state index in [0.717, 1.165) is 50.3 Å². The van der Waals surface area contributed by atoms with Crippen molar-refractivity contribution in [3.05, 3.63) is 130 Å². The first kappa shape index (κ1) is 30.5. The third kappa shape index (κ3) is 5.19. The van der Waals surface area contributed by atoms with Crippen molar-refractivity contribution in [2.75, 3.05) is 0 Å². The molecule has 3 heterocycles. The third-order valence-electron chi connectivity index (χ3n) is 8.79. The number of hydrogen-bond acceptors (Lipinski definition) is 3. The van der Waals surface area contributed by atoms with Gasteiger partial charge in [0, 0.05) is 34.5 Å². The Bertz CT molecular complexity index is 2240. The molecule has 5 nitrogen and oxygen atoms in total. The Morgan fingerprint density at radius 1 is 0.689 bits per heavy atom. The van der Waals surface area contributed by atoms with Crippen LogP contribution in [0.25, 0.3) is 44.4 Å². The van der Waals surface area contributed by atoms with Crippen LogP contribution in [0.3, 0.4) is 0 Å². The second-order valence-electron chi connectivity index (χ2n) is 11.7. The monoisotopic (exact) mass is 680 g/mol. The predicted octanol–water partition coefficient (Wildman–Crippen LogP) is 9.58. The Morgan fingerprint density at radius 2 is 1.47 bits per heavy atom. The molecule has 0 unspecified atom stereocenters. The quantitative estimate of drug-likeness (QED) is 0.134. The summed E-state index contributed by atoms with van der Waals surface area (Å²) in [4.78, 5) is 4.69. The average Bonchev–Trinajstić information content (AvgIpc) is 3.49. The predicted molar refractivity (Wildman–Crippen MR) is 178 cm³/mol. The van der Waals surface area contributed by atoms with Crippen molar-refractivity contribution in [3.63, 3.8) is 0 Å². The Labute approximate surface area is 278 Å². The molecule has 0 saturated carbocycles. The number of ether oxygens (including phenoxy) is 1. The zero-order chi connectivity index (χ0) is 30.7. The summed E-state index contributed by atoms with van der Waals surface area (Å²) in [6, 6.07) is 31.7. The minimum absolute atomic E-state index is 0. The number of pyridine rings is 1. The van der Waals surface area contributed by atoms with Crippen molar-refractivity contribution >= 4 is 21.8 Å². The van der Waals surface area contributed by atoms with Crippen LogP contribution in [0, 0.1) is 60.6 Å². The van der Waals surface area contributed by atoms with Crippen molar-refractivity contribution in [2.24, 2.45) is 0 Å². The van der Waals surface area contributed by atoms with Crippen LogP contribution in [0.4, 0.5) is 0 Å². The molecule has 0 aliphatic rings. The van der Waals surface area contributed by atoms with Gasteiger partial charge in [0.25, 0.3) is 0 Å². The second kappa shape index (κ2) is 11.8. The normalized spacial score (nSPS) is 11.3. The molecule has 0 amide bonds. The molecule has 226 valence electrons. The molecule has 0 radical (unpaired) electrons. The molecule has 0 atom stereocenters. The van der Waals surface area contributed by atoms with Gasteiger partial charge in [0.2, 0.25) is 0 Å². The van der Waals surface area contributed by atoms with Gasteiger partial charge in [-0.3, -0.25) is 4.68 Å². The Morgan fingerprint density at radius 3 is 2.27 bits per heavy atom. The van der Waals surface area contributed by atoms with Gasteiger partial charge in [-0.25, -0.2) is 4.98 Å². The van der Waals surface area contributed by atoms with Crippen LogP contribution < -0.4 is 4.74 Å². The number of rotatable bonds is 5. The number of hydrogen-bond donors (Lipinski definition) is 0. The Kier molecular flexibility index (Phi) is 7.99. The van der Waals surface area contributed by atoms with Gasteiger partial charge in [-0.2, -0.15) is 17.2 Å². The van der Waals surface area contributed by atoms with Gasteiger partial charge in [0.05, 0.1) is 5.69 Å². The molecule has 0 N–H and O–H groups in total. The summed E-state index contributed by atoms with van der Waals surface area (Å²) in [7, 11) is 0. The molecular formula is C39H34N4OPd. The summed E-state index contributed by atoms with van der Waals surface area (Å²) in [6.45, 7) is 15.1. The average molecular weight is 681 g/mol. The Balaban J connectivity index is 0.00000357. The van der Waals surface area contributed by atoms with Crippen molar-refractivity contribution in [3.8, 4) is 34.1 Å². The summed E-state index contributed by atoms with van der Waals surface area (Å²) in [5.41, 5.74) is 13.7. The van der Waals surface area contributed by atoms with E-state index in [0.29, 0.717) is 11.5 Å². The first-order chi connectivity index (χ1) is 21.2. The molecule has 45 heavy (non-hydrogen) atoms. The molecule has 3 aromatic heterocycles. The summed E-state index contributed by atoms with van der Waals surface area (Å²) < 4.78 is 10.5. The van der Waals surface area contributed by atoms with Crippen LogP contribution >= 0.6 is 0 Å². The summed E-state index contributed by atoms with van der Waals surface area (Å²) in [5.74, 6) is 2.06. The zero-order valence-corrected chi connectivity index (χ0v) is 28.1. The van der Waals surface area contributed by atoms with Crippen molar-refractivity contribution < 1.29 is 25.2 Å². The minimum atomic E-state index is 0. The number of fused-ring (bicyclic) bond motifs is 3. The number of benzene rings is 4. The fourth-order valence-corrected chi connectivity index (χ4v) is 6.46. The van der Waals surface area contributed by atoms with Crippen LogP contribution in [0.1, 0.15) is 39.2 Å². The van der Waals surface area contributed by atoms with E-state index < -0.39 is 0 Å². The molecule has 0 fully saturated rings. The fraction of sp³-hybridized carbons (Fsp3) is 0.179. The summed E-state index contributed by atoms with van der Waals surface area (Å²) in [5, 5.41) is 7.22. The summed E-state index contributed by atoms with van der Waals surface area (Å²) >= 11 is 0. The maximum Gasteiger partial charge on any atom is 2.00 e. The van der Waals surface area contributed by atoms with Gasteiger partial charge in [0.15, 0.2) is 0 Å². The van der Waals surface area contributed by atoms with Crippen molar-refractivity contribution in [1.29, 1.82) is 0 Å². The van der Waals surface area contributed by atoms with Gasteiger partial charge < -0.3 is 9.30 Å². The molecular weight excluding hydrogens is 647 g/mol. The van der Waals surface area contributed by atoms with Gasteiger partial charge in [-0.15, -0.1) is 35.7 Å². The molecule has 0 aliphatic heterocycles. The number of aryl methyl sites for hydroxylation is 4. The van der Waals surface area contributed by atoms with E-state index in [1.54, 1.807) is 0 Å². The smallest absolute Gasteiger partial charge is 0.509 e.